The number of benzene rings is 1. The fourth-order valence-electron chi connectivity index (χ4n) is 8.72. The maximum Gasteiger partial charge on any atom is 0.318 e. The fraction of sp³-hybridized carbons (Fsp3) is 0.571. The van der Waals surface area contributed by atoms with Crippen molar-refractivity contribution in [1.82, 2.24) is 29.5 Å². The Hall–Kier alpha value is -4.08. The summed E-state index contributed by atoms with van der Waals surface area (Å²) in [5.41, 5.74) is 4.99. The van der Waals surface area contributed by atoms with Crippen LogP contribution in [-0.4, -0.2) is 87.5 Å². The van der Waals surface area contributed by atoms with Gasteiger partial charge in [-0.15, -0.1) is 0 Å². The summed E-state index contributed by atoms with van der Waals surface area (Å²) in [4.78, 5) is 28.8. The van der Waals surface area contributed by atoms with E-state index in [9.17, 15) is 14.4 Å². The summed E-state index contributed by atoms with van der Waals surface area (Å²) < 4.78 is 29.8. The number of anilines is 1. The van der Waals surface area contributed by atoms with Crippen molar-refractivity contribution < 1.29 is 18.7 Å². The summed E-state index contributed by atoms with van der Waals surface area (Å²) in [6.45, 7) is 3.95. The molecule has 4 aliphatic heterocycles. The molecule has 8 rings (SSSR count). The molecule has 2 aromatic heterocycles. The number of nitrogens with zero attached hydrogens (tertiary/aromatic N) is 8. The van der Waals surface area contributed by atoms with Gasteiger partial charge in [-0.05, 0) is 62.8 Å². The normalized spacial score (nSPS) is 26.6. The lowest BCUT2D eigenvalue weighted by atomic mass is 9.73. The Morgan fingerprint density at radius 3 is 2.94 bits per heavy atom. The van der Waals surface area contributed by atoms with E-state index in [1.165, 1.54) is 0 Å². The molecule has 5 aliphatic rings. The van der Waals surface area contributed by atoms with Crippen LogP contribution in [0.1, 0.15) is 82.7 Å². The minimum absolute atomic E-state index is 0.127. The summed E-state index contributed by atoms with van der Waals surface area (Å²) in [5.74, 6) is 0.633. The second kappa shape index (κ2) is 11.6. The Bertz CT molecular complexity index is 1770. The highest BCUT2D eigenvalue weighted by Crippen LogP contribution is 2.47. The maximum atomic E-state index is 14.6. The van der Waals surface area contributed by atoms with Crippen molar-refractivity contribution >= 4 is 11.7 Å². The van der Waals surface area contributed by atoms with E-state index in [0.29, 0.717) is 63.0 Å². The monoisotopic (exact) mass is 640 g/mol. The van der Waals surface area contributed by atoms with E-state index in [1.807, 2.05) is 22.9 Å². The van der Waals surface area contributed by atoms with Gasteiger partial charge < -0.3 is 19.3 Å². The van der Waals surface area contributed by atoms with Gasteiger partial charge in [-0.2, -0.15) is 20.3 Å². The molecule has 2 saturated heterocycles. The number of hydrogen-bond acceptors (Lipinski definition) is 9. The highest BCUT2D eigenvalue weighted by atomic mass is 19.1. The molecule has 12 heteroatoms. The van der Waals surface area contributed by atoms with Crippen LogP contribution in [-0.2, 0) is 42.9 Å². The Kier molecular flexibility index (Phi) is 7.44. The molecular formula is C35H41FN8O3. The molecule has 0 unspecified atom stereocenters. The van der Waals surface area contributed by atoms with E-state index < -0.39 is 11.8 Å². The smallest absolute Gasteiger partial charge is 0.318 e. The number of carbonyl (C=O) groups excluding carboxylic acids is 1. The van der Waals surface area contributed by atoms with E-state index >= 15 is 0 Å². The first-order valence-corrected chi connectivity index (χ1v) is 16.9. The first kappa shape index (κ1) is 30.3. The number of carbonyl (C=O) groups is 1. The zero-order chi connectivity index (χ0) is 32.3. The van der Waals surface area contributed by atoms with Crippen molar-refractivity contribution in [2.45, 2.75) is 88.4 Å². The Balaban J connectivity index is 1.17. The van der Waals surface area contributed by atoms with Crippen LogP contribution in [0.25, 0.3) is 0 Å². The molecule has 1 spiro atoms. The van der Waals surface area contributed by atoms with E-state index in [2.05, 4.69) is 27.0 Å². The predicted octanol–water partition coefficient (Wildman–Crippen LogP) is 3.92. The molecule has 47 heavy (non-hydrogen) atoms. The SMILES string of the molecule is CN(C)C(=O)c1cc2n(n1)CCCN(c1nc(OC[C@@]34CCCN3C[C@H](F)C4)nc3c1CO[C@]1(CCCc4cccc(C#N)c41)C3)C2. The van der Waals surface area contributed by atoms with Crippen LogP contribution in [0.2, 0.25) is 0 Å². The number of hydrogen-bond donors (Lipinski definition) is 0. The molecule has 2 fully saturated rings. The van der Waals surface area contributed by atoms with Gasteiger partial charge >= 0.3 is 6.01 Å². The van der Waals surface area contributed by atoms with Gasteiger partial charge in [0.25, 0.3) is 5.91 Å². The molecule has 1 amide bonds. The van der Waals surface area contributed by atoms with Crippen LogP contribution < -0.4 is 9.64 Å². The number of halogens is 1. The zero-order valence-corrected chi connectivity index (χ0v) is 27.2. The summed E-state index contributed by atoms with van der Waals surface area (Å²) in [7, 11) is 3.46. The average Bonchev–Trinajstić information content (AvgIpc) is 3.69. The van der Waals surface area contributed by atoms with Crippen molar-refractivity contribution in [2.24, 2.45) is 0 Å². The lowest BCUT2D eigenvalue weighted by Crippen LogP contribution is -2.44. The molecule has 3 atom stereocenters. The van der Waals surface area contributed by atoms with E-state index in [-0.39, 0.29) is 11.4 Å². The molecular weight excluding hydrogens is 599 g/mol. The Morgan fingerprint density at radius 2 is 2.09 bits per heavy atom. The van der Waals surface area contributed by atoms with Gasteiger partial charge in [0, 0.05) is 57.7 Å². The number of rotatable bonds is 5. The van der Waals surface area contributed by atoms with Crippen LogP contribution in [0.15, 0.2) is 24.3 Å². The van der Waals surface area contributed by atoms with Crippen molar-refractivity contribution in [1.29, 1.82) is 5.26 Å². The van der Waals surface area contributed by atoms with Gasteiger partial charge in [-0.3, -0.25) is 14.4 Å². The summed E-state index contributed by atoms with van der Waals surface area (Å²) in [5, 5.41) is 14.7. The van der Waals surface area contributed by atoms with Crippen LogP contribution in [0.5, 0.6) is 6.01 Å². The number of aryl methyl sites for hydroxylation is 2. The standard InChI is InChI=1S/C35H41FN8O3/c1-41(2)32(45)28-15-26-20-42(12-6-14-44(26)40-28)31-27-21-47-35(11-4-9-23-7-3-8-24(18-37)30(23)35)17-29(27)38-33(39-31)46-22-34-10-5-13-43(34)19-25(36)16-34/h3,7-8,15,25H,4-6,9-14,16-17,19-22H2,1-2H3/t25-,34+,35-/m1/s1. The van der Waals surface area contributed by atoms with Crippen molar-refractivity contribution in [3.05, 3.63) is 63.6 Å². The second-order valence-corrected chi connectivity index (χ2v) is 14.1. The third-order valence-corrected chi connectivity index (χ3v) is 10.9. The van der Waals surface area contributed by atoms with Crippen LogP contribution in [0.3, 0.4) is 0 Å². The van der Waals surface area contributed by atoms with Gasteiger partial charge in [0.2, 0.25) is 0 Å². The fourth-order valence-corrected chi connectivity index (χ4v) is 8.72. The van der Waals surface area contributed by atoms with E-state index in [1.54, 1.807) is 19.0 Å². The summed E-state index contributed by atoms with van der Waals surface area (Å²) in [6, 6.07) is 10.5. The minimum Gasteiger partial charge on any atom is -0.461 e. The molecule has 0 bridgehead atoms. The van der Waals surface area contributed by atoms with Crippen molar-refractivity contribution in [3.63, 3.8) is 0 Å². The van der Waals surface area contributed by atoms with Crippen molar-refractivity contribution in [3.8, 4) is 12.1 Å². The molecule has 0 saturated carbocycles. The number of ether oxygens (including phenoxy) is 2. The number of aromatic nitrogens is 4. The molecule has 3 aromatic rings. The minimum atomic E-state index is -0.845. The molecule has 11 nitrogen and oxygen atoms in total. The highest BCUT2D eigenvalue weighted by Gasteiger charge is 2.50. The summed E-state index contributed by atoms with van der Waals surface area (Å²) in [6.07, 6.45) is 5.57. The van der Waals surface area contributed by atoms with Crippen LogP contribution in [0.4, 0.5) is 10.2 Å². The molecule has 1 aliphatic carbocycles. The third kappa shape index (κ3) is 5.15. The Labute approximate surface area is 274 Å². The first-order chi connectivity index (χ1) is 22.8. The number of alkyl halides is 1. The Morgan fingerprint density at radius 1 is 1.19 bits per heavy atom. The molecule has 246 valence electrons. The molecule has 6 heterocycles. The van der Waals surface area contributed by atoms with Gasteiger partial charge in [0.05, 0.1) is 41.7 Å². The molecule has 0 radical (unpaired) electrons. The molecule has 0 N–H and O–H groups in total. The number of nitriles is 1. The largest absolute Gasteiger partial charge is 0.461 e. The molecule has 1 aromatic carbocycles. The summed E-state index contributed by atoms with van der Waals surface area (Å²) >= 11 is 0. The first-order valence-electron chi connectivity index (χ1n) is 16.9. The maximum absolute atomic E-state index is 14.6. The quantitative estimate of drug-likeness (QED) is 0.410. The van der Waals surface area contributed by atoms with E-state index in [4.69, 9.17) is 19.4 Å². The zero-order valence-electron chi connectivity index (χ0n) is 27.2. The lowest BCUT2D eigenvalue weighted by Gasteiger charge is -2.43. The number of fused-ring (bicyclic) bond motifs is 5. The highest BCUT2D eigenvalue weighted by molar-refractivity contribution is 5.92. The second-order valence-electron chi connectivity index (χ2n) is 14.1. The van der Waals surface area contributed by atoms with Gasteiger partial charge in [-0.25, -0.2) is 4.39 Å². The topological polar surface area (TPSA) is 113 Å². The van der Waals surface area contributed by atoms with Gasteiger partial charge in [0.1, 0.15) is 24.2 Å². The number of amides is 1. The van der Waals surface area contributed by atoms with Crippen molar-refractivity contribution in [2.75, 3.05) is 45.2 Å². The lowest BCUT2D eigenvalue weighted by molar-refractivity contribution is -0.0857. The van der Waals surface area contributed by atoms with Crippen LogP contribution >= 0.6 is 0 Å². The van der Waals surface area contributed by atoms with Gasteiger partial charge in [-0.1, -0.05) is 12.1 Å². The van der Waals surface area contributed by atoms with E-state index in [0.717, 1.165) is 85.5 Å². The third-order valence-electron chi connectivity index (χ3n) is 10.9. The van der Waals surface area contributed by atoms with Gasteiger partial charge in [0.15, 0.2) is 5.69 Å². The predicted molar refractivity (Wildman–Crippen MR) is 171 cm³/mol. The average molecular weight is 641 g/mol. The van der Waals surface area contributed by atoms with Crippen LogP contribution in [0, 0.1) is 11.3 Å².